The first-order valence-corrected chi connectivity index (χ1v) is 8.72. The van der Waals surface area contributed by atoms with Gasteiger partial charge >= 0.3 is 0 Å². The maximum Gasteiger partial charge on any atom is 0.224 e. The molecule has 2 N–H and O–H groups in total. The van der Waals surface area contributed by atoms with Gasteiger partial charge in [-0.15, -0.1) is 0 Å². The van der Waals surface area contributed by atoms with E-state index in [1.165, 1.54) is 6.07 Å². The minimum Gasteiger partial charge on any atom is -0.378 e. The number of aryl methyl sites for hydroxylation is 1. The second-order valence-corrected chi connectivity index (χ2v) is 7.06. The van der Waals surface area contributed by atoms with Gasteiger partial charge < -0.3 is 15.0 Å². The number of nitrogens with one attached hydrogen (secondary N) is 2. The van der Waals surface area contributed by atoms with E-state index in [0.717, 1.165) is 29.7 Å². The van der Waals surface area contributed by atoms with Crippen molar-refractivity contribution in [3.05, 3.63) is 35.3 Å². The first kappa shape index (κ1) is 17.9. The number of para-hydroxylation sites is 1. The summed E-state index contributed by atoms with van der Waals surface area (Å²) in [5.74, 6) is -0.360. The van der Waals surface area contributed by atoms with Crippen molar-refractivity contribution >= 4 is 16.8 Å². The number of amides is 1. The molecule has 5 nitrogen and oxygen atoms in total. The van der Waals surface area contributed by atoms with Crippen molar-refractivity contribution in [3.63, 3.8) is 0 Å². The van der Waals surface area contributed by atoms with Crippen LogP contribution in [0.1, 0.15) is 25.1 Å². The van der Waals surface area contributed by atoms with Crippen LogP contribution in [0, 0.1) is 12.7 Å². The smallest absolute Gasteiger partial charge is 0.224 e. The van der Waals surface area contributed by atoms with Gasteiger partial charge in [0.25, 0.3) is 0 Å². The molecule has 25 heavy (non-hydrogen) atoms. The number of carbonyl (C=O) groups excluding carboxylic acids is 1. The quantitative estimate of drug-likeness (QED) is 0.873. The zero-order chi connectivity index (χ0) is 18.1. The lowest BCUT2D eigenvalue weighted by atomic mass is 10.1. The predicted molar refractivity (Wildman–Crippen MR) is 96.1 cm³/mol. The summed E-state index contributed by atoms with van der Waals surface area (Å²) in [5, 5.41) is 3.87. The number of benzene rings is 1. The molecule has 1 aliphatic rings. The molecule has 0 unspecified atom stereocenters. The predicted octanol–water partition coefficient (Wildman–Crippen LogP) is 2.38. The first-order valence-electron chi connectivity index (χ1n) is 8.72. The van der Waals surface area contributed by atoms with Crippen molar-refractivity contribution in [2.24, 2.45) is 0 Å². The van der Waals surface area contributed by atoms with Gasteiger partial charge in [-0.1, -0.05) is 12.1 Å². The second-order valence-electron chi connectivity index (χ2n) is 7.06. The molecule has 1 aliphatic heterocycles. The fourth-order valence-corrected chi connectivity index (χ4v) is 3.62. The zero-order valence-electron chi connectivity index (χ0n) is 15.2. The molecule has 0 bridgehead atoms. The number of aromatic amines is 1. The van der Waals surface area contributed by atoms with Gasteiger partial charge in [0.05, 0.1) is 24.1 Å². The monoisotopic (exact) mass is 347 g/mol. The highest BCUT2D eigenvalue weighted by atomic mass is 19.1. The van der Waals surface area contributed by atoms with E-state index in [1.54, 1.807) is 13.2 Å². The van der Waals surface area contributed by atoms with E-state index in [4.69, 9.17) is 4.74 Å². The van der Waals surface area contributed by atoms with Crippen LogP contribution >= 0.6 is 0 Å². The summed E-state index contributed by atoms with van der Waals surface area (Å²) in [5.41, 5.74) is 2.14. The number of ether oxygens (including phenoxy) is 1. The Balaban J connectivity index is 1.73. The number of hydrogen-bond acceptors (Lipinski definition) is 3. The Morgan fingerprint density at radius 3 is 2.88 bits per heavy atom. The Labute approximate surface area is 147 Å². The number of aromatic nitrogens is 1. The van der Waals surface area contributed by atoms with Gasteiger partial charge in [0.15, 0.2) is 0 Å². The van der Waals surface area contributed by atoms with E-state index in [9.17, 15) is 9.18 Å². The van der Waals surface area contributed by atoms with Crippen molar-refractivity contribution in [3.8, 4) is 0 Å². The number of carbonyl (C=O) groups is 1. The van der Waals surface area contributed by atoms with Gasteiger partial charge in [0, 0.05) is 37.3 Å². The van der Waals surface area contributed by atoms with E-state index >= 15 is 0 Å². The van der Waals surface area contributed by atoms with E-state index in [1.807, 2.05) is 13.0 Å². The van der Waals surface area contributed by atoms with Crippen LogP contribution in [0.15, 0.2) is 18.2 Å². The minimum absolute atomic E-state index is 0.00661. The summed E-state index contributed by atoms with van der Waals surface area (Å²) in [6.07, 6.45) is 0.219. The van der Waals surface area contributed by atoms with Crippen molar-refractivity contribution in [2.45, 2.75) is 45.4 Å². The Bertz CT molecular complexity index is 771. The van der Waals surface area contributed by atoms with Crippen LogP contribution in [-0.4, -0.2) is 54.2 Å². The van der Waals surface area contributed by atoms with Crippen molar-refractivity contribution in [1.29, 1.82) is 0 Å². The van der Waals surface area contributed by atoms with Crippen molar-refractivity contribution in [2.75, 3.05) is 20.2 Å². The summed E-state index contributed by atoms with van der Waals surface area (Å²) in [4.78, 5) is 17.9. The molecule has 1 amide bonds. The van der Waals surface area contributed by atoms with Crippen LogP contribution in [0.25, 0.3) is 10.9 Å². The van der Waals surface area contributed by atoms with Crippen LogP contribution in [-0.2, 0) is 16.0 Å². The number of halogens is 1. The topological polar surface area (TPSA) is 57.4 Å². The first-order chi connectivity index (χ1) is 11.9. The lowest BCUT2D eigenvalue weighted by Crippen LogP contribution is -2.44. The maximum atomic E-state index is 13.9. The molecule has 6 heteroatoms. The highest BCUT2D eigenvalue weighted by Crippen LogP contribution is 2.25. The van der Waals surface area contributed by atoms with Crippen molar-refractivity contribution < 1.29 is 13.9 Å². The second kappa shape index (κ2) is 7.14. The molecule has 2 atom stereocenters. The maximum absolute atomic E-state index is 13.9. The molecule has 1 saturated heterocycles. The molecule has 3 rings (SSSR count). The van der Waals surface area contributed by atoms with Gasteiger partial charge in [-0.25, -0.2) is 4.39 Å². The average molecular weight is 347 g/mol. The van der Waals surface area contributed by atoms with Crippen LogP contribution < -0.4 is 5.32 Å². The van der Waals surface area contributed by atoms with Crippen LogP contribution in [0.4, 0.5) is 4.39 Å². The molecule has 0 spiro atoms. The molecule has 1 aromatic heterocycles. The molecule has 1 aromatic carbocycles. The van der Waals surface area contributed by atoms with Gasteiger partial charge in [0.1, 0.15) is 5.82 Å². The largest absolute Gasteiger partial charge is 0.378 e. The standard InChI is InChI=1S/C19H26FN3O2/c1-11(2)23-9-16(17(10-23)25-4)22-18(24)8-14-12(3)21-19-13(14)6-5-7-15(19)20/h5-7,11,16-17,21H,8-10H2,1-4H3,(H,22,24)/t16-,17-/m0/s1. The Morgan fingerprint density at radius 1 is 1.44 bits per heavy atom. The minimum atomic E-state index is -0.296. The fourth-order valence-electron chi connectivity index (χ4n) is 3.62. The lowest BCUT2D eigenvalue weighted by Gasteiger charge is -2.20. The van der Waals surface area contributed by atoms with E-state index < -0.39 is 0 Å². The van der Waals surface area contributed by atoms with Crippen LogP contribution in [0.5, 0.6) is 0 Å². The number of H-pyrrole nitrogens is 1. The summed E-state index contributed by atoms with van der Waals surface area (Å²) >= 11 is 0. The third-order valence-electron chi connectivity index (χ3n) is 5.12. The Morgan fingerprint density at radius 2 is 2.20 bits per heavy atom. The molecule has 136 valence electrons. The van der Waals surface area contributed by atoms with Crippen LogP contribution in [0.2, 0.25) is 0 Å². The number of likely N-dealkylation sites (tertiary alicyclic amines) is 1. The SMILES string of the molecule is CO[C@H]1CN(C(C)C)C[C@@H]1NC(=O)Cc1c(C)[nH]c2c(F)cccc12. The number of nitrogens with zero attached hydrogens (tertiary/aromatic N) is 1. The average Bonchev–Trinajstić information content (AvgIpc) is 3.10. The normalized spacial score (nSPS) is 21.4. The number of methoxy groups -OCH3 is 1. The van der Waals surface area contributed by atoms with Crippen LogP contribution in [0.3, 0.4) is 0 Å². The fraction of sp³-hybridized carbons (Fsp3) is 0.526. The van der Waals surface area contributed by atoms with Gasteiger partial charge in [-0.3, -0.25) is 9.69 Å². The third kappa shape index (κ3) is 3.55. The third-order valence-corrected chi connectivity index (χ3v) is 5.12. The van der Waals surface area contributed by atoms with Crippen molar-refractivity contribution in [1.82, 2.24) is 15.2 Å². The highest BCUT2D eigenvalue weighted by Gasteiger charge is 2.35. The van der Waals surface area contributed by atoms with Gasteiger partial charge in [-0.05, 0) is 32.4 Å². The Kier molecular flexibility index (Phi) is 5.11. The lowest BCUT2D eigenvalue weighted by molar-refractivity contribution is -0.121. The summed E-state index contributed by atoms with van der Waals surface area (Å²) in [7, 11) is 1.68. The number of hydrogen-bond donors (Lipinski definition) is 2. The molecule has 0 aliphatic carbocycles. The molecular formula is C19H26FN3O2. The number of rotatable bonds is 5. The van der Waals surface area contributed by atoms with Gasteiger partial charge in [0.2, 0.25) is 5.91 Å². The summed E-state index contributed by atoms with van der Waals surface area (Å²) in [6, 6.07) is 5.33. The van der Waals surface area contributed by atoms with E-state index in [-0.39, 0.29) is 30.3 Å². The number of fused-ring (bicyclic) bond motifs is 1. The molecule has 2 aromatic rings. The summed E-state index contributed by atoms with van der Waals surface area (Å²) < 4.78 is 19.4. The molecule has 0 saturated carbocycles. The zero-order valence-corrected chi connectivity index (χ0v) is 15.2. The molecule has 2 heterocycles. The summed E-state index contributed by atoms with van der Waals surface area (Å²) in [6.45, 7) is 7.75. The molecule has 1 fully saturated rings. The molecule has 0 radical (unpaired) electrons. The molecular weight excluding hydrogens is 321 g/mol. The van der Waals surface area contributed by atoms with E-state index in [2.05, 4.69) is 29.0 Å². The Hall–Kier alpha value is -1.92. The highest BCUT2D eigenvalue weighted by molar-refractivity contribution is 5.90. The van der Waals surface area contributed by atoms with Gasteiger partial charge in [-0.2, -0.15) is 0 Å². The van der Waals surface area contributed by atoms with E-state index in [0.29, 0.717) is 11.6 Å².